The molecule has 0 aromatic heterocycles. The summed E-state index contributed by atoms with van der Waals surface area (Å²) in [5, 5.41) is 6.10. The van der Waals surface area contributed by atoms with E-state index in [4.69, 9.17) is 0 Å². The molecule has 0 bridgehead atoms. The summed E-state index contributed by atoms with van der Waals surface area (Å²) in [7, 11) is 1.82. The fourth-order valence-corrected chi connectivity index (χ4v) is 2.25. The van der Waals surface area contributed by atoms with Crippen LogP contribution in [-0.2, 0) is 4.79 Å². The van der Waals surface area contributed by atoms with E-state index in [0.29, 0.717) is 6.04 Å². The lowest BCUT2D eigenvalue weighted by Crippen LogP contribution is -2.46. The normalized spacial score (nSPS) is 28.5. The molecule has 1 saturated carbocycles. The van der Waals surface area contributed by atoms with Gasteiger partial charge in [-0.3, -0.25) is 4.79 Å². The topological polar surface area (TPSA) is 41.1 Å². The Bertz CT molecular complexity index is 206. The van der Waals surface area contributed by atoms with Crippen molar-refractivity contribution in [3.05, 3.63) is 0 Å². The number of nitrogens with one attached hydrogen (secondary N) is 2. The SMILES string of the molecule is CCC1CCCC(NC(=O)C(C)NC)C1. The largest absolute Gasteiger partial charge is 0.352 e. The minimum Gasteiger partial charge on any atom is -0.352 e. The van der Waals surface area contributed by atoms with Crippen LogP contribution in [0.25, 0.3) is 0 Å². The lowest BCUT2D eigenvalue weighted by Gasteiger charge is -2.29. The molecule has 3 atom stereocenters. The summed E-state index contributed by atoms with van der Waals surface area (Å²) in [6.07, 6.45) is 6.16. The zero-order valence-corrected chi connectivity index (χ0v) is 10.2. The molecule has 1 aliphatic rings. The highest BCUT2D eigenvalue weighted by atomic mass is 16.2. The van der Waals surface area contributed by atoms with Crippen molar-refractivity contribution in [3.63, 3.8) is 0 Å². The molecule has 0 heterocycles. The number of hydrogen-bond acceptors (Lipinski definition) is 2. The minimum atomic E-state index is -0.0768. The summed E-state index contributed by atoms with van der Waals surface area (Å²) >= 11 is 0. The van der Waals surface area contributed by atoms with E-state index in [1.807, 2.05) is 14.0 Å². The van der Waals surface area contributed by atoms with Gasteiger partial charge in [-0.25, -0.2) is 0 Å². The molecule has 3 heteroatoms. The Hall–Kier alpha value is -0.570. The van der Waals surface area contributed by atoms with E-state index in [9.17, 15) is 4.79 Å². The molecular weight excluding hydrogens is 188 g/mol. The number of hydrogen-bond donors (Lipinski definition) is 2. The highest BCUT2D eigenvalue weighted by Crippen LogP contribution is 2.26. The molecule has 2 N–H and O–H groups in total. The van der Waals surface area contributed by atoms with E-state index in [0.717, 1.165) is 12.3 Å². The van der Waals surface area contributed by atoms with Crippen LogP contribution in [0.4, 0.5) is 0 Å². The first-order chi connectivity index (χ1) is 7.17. The molecule has 1 amide bonds. The molecule has 15 heavy (non-hydrogen) atoms. The molecule has 0 spiro atoms. The Balaban J connectivity index is 2.34. The van der Waals surface area contributed by atoms with Gasteiger partial charge < -0.3 is 10.6 Å². The highest BCUT2D eigenvalue weighted by Gasteiger charge is 2.23. The molecule has 0 saturated heterocycles. The van der Waals surface area contributed by atoms with Crippen LogP contribution in [-0.4, -0.2) is 25.0 Å². The van der Waals surface area contributed by atoms with Crippen LogP contribution in [0.3, 0.4) is 0 Å². The number of amides is 1. The maximum absolute atomic E-state index is 11.7. The minimum absolute atomic E-state index is 0.0768. The van der Waals surface area contributed by atoms with Crippen molar-refractivity contribution < 1.29 is 4.79 Å². The lowest BCUT2D eigenvalue weighted by molar-refractivity contribution is -0.123. The van der Waals surface area contributed by atoms with E-state index >= 15 is 0 Å². The van der Waals surface area contributed by atoms with Gasteiger partial charge in [0.1, 0.15) is 0 Å². The van der Waals surface area contributed by atoms with Gasteiger partial charge in [-0.05, 0) is 32.7 Å². The second-order valence-electron chi connectivity index (χ2n) is 4.66. The molecule has 1 rings (SSSR count). The smallest absolute Gasteiger partial charge is 0.237 e. The van der Waals surface area contributed by atoms with Gasteiger partial charge in [0.25, 0.3) is 0 Å². The Labute approximate surface area is 93.0 Å². The predicted octanol–water partition coefficient (Wildman–Crippen LogP) is 1.68. The summed E-state index contributed by atoms with van der Waals surface area (Å²) in [5.74, 6) is 0.952. The lowest BCUT2D eigenvalue weighted by atomic mass is 9.84. The third-order valence-corrected chi connectivity index (χ3v) is 3.53. The molecule has 0 radical (unpaired) electrons. The van der Waals surface area contributed by atoms with Crippen molar-refractivity contribution in [1.29, 1.82) is 0 Å². The molecule has 1 fully saturated rings. The fourth-order valence-electron chi connectivity index (χ4n) is 2.25. The van der Waals surface area contributed by atoms with Crippen LogP contribution >= 0.6 is 0 Å². The van der Waals surface area contributed by atoms with Crippen molar-refractivity contribution in [2.45, 2.75) is 58.0 Å². The molecule has 88 valence electrons. The summed E-state index contributed by atoms with van der Waals surface area (Å²) in [5.41, 5.74) is 0. The van der Waals surface area contributed by atoms with E-state index in [-0.39, 0.29) is 11.9 Å². The van der Waals surface area contributed by atoms with Crippen molar-refractivity contribution >= 4 is 5.91 Å². The zero-order valence-electron chi connectivity index (χ0n) is 10.2. The van der Waals surface area contributed by atoms with E-state index in [2.05, 4.69) is 17.6 Å². The monoisotopic (exact) mass is 212 g/mol. The van der Waals surface area contributed by atoms with Crippen LogP contribution in [0.5, 0.6) is 0 Å². The van der Waals surface area contributed by atoms with Gasteiger partial charge in [0, 0.05) is 6.04 Å². The molecule has 0 aromatic rings. The van der Waals surface area contributed by atoms with Crippen molar-refractivity contribution in [3.8, 4) is 0 Å². The Morgan fingerprint density at radius 3 is 2.80 bits per heavy atom. The van der Waals surface area contributed by atoms with Gasteiger partial charge in [0.15, 0.2) is 0 Å². The van der Waals surface area contributed by atoms with Crippen LogP contribution in [0.2, 0.25) is 0 Å². The number of carbonyl (C=O) groups is 1. The van der Waals surface area contributed by atoms with Gasteiger partial charge >= 0.3 is 0 Å². The van der Waals surface area contributed by atoms with Crippen LogP contribution in [0.1, 0.15) is 46.0 Å². The predicted molar refractivity (Wildman–Crippen MR) is 62.7 cm³/mol. The van der Waals surface area contributed by atoms with E-state index in [1.54, 1.807) is 0 Å². The Morgan fingerprint density at radius 2 is 2.20 bits per heavy atom. The summed E-state index contributed by atoms with van der Waals surface area (Å²) in [4.78, 5) is 11.7. The summed E-state index contributed by atoms with van der Waals surface area (Å²) in [6, 6.07) is 0.332. The zero-order chi connectivity index (χ0) is 11.3. The molecule has 3 nitrogen and oxygen atoms in total. The molecule has 3 unspecified atom stereocenters. The first-order valence-corrected chi connectivity index (χ1v) is 6.15. The van der Waals surface area contributed by atoms with E-state index < -0.39 is 0 Å². The molecule has 0 aliphatic heterocycles. The molecule has 1 aliphatic carbocycles. The van der Waals surface area contributed by atoms with Gasteiger partial charge in [0.05, 0.1) is 6.04 Å². The van der Waals surface area contributed by atoms with Crippen molar-refractivity contribution in [2.75, 3.05) is 7.05 Å². The van der Waals surface area contributed by atoms with Crippen LogP contribution in [0.15, 0.2) is 0 Å². The molecular formula is C12H24N2O. The van der Waals surface area contributed by atoms with Crippen LogP contribution < -0.4 is 10.6 Å². The number of rotatable bonds is 4. The third-order valence-electron chi connectivity index (χ3n) is 3.53. The van der Waals surface area contributed by atoms with Gasteiger partial charge in [-0.1, -0.05) is 26.2 Å². The fraction of sp³-hybridized carbons (Fsp3) is 0.917. The van der Waals surface area contributed by atoms with Gasteiger partial charge in [-0.2, -0.15) is 0 Å². The second kappa shape index (κ2) is 6.11. The maximum Gasteiger partial charge on any atom is 0.237 e. The maximum atomic E-state index is 11.7. The summed E-state index contributed by atoms with van der Waals surface area (Å²) in [6.45, 7) is 4.14. The van der Waals surface area contributed by atoms with Crippen LogP contribution in [0, 0.1) is 5.92 Å². The van der Waals surface area contributed by atoms with Crippen molar-refractivity contribution in [2.24, 2.45) is 5.92 Å². The highest BCUT2D eigenvalue weighted by molar-refractivity contribution is 5.81. The van der Waals surface area contributed by atoms with Gasteiger partial charge in [-0.15, -0.1) is 0 Å². The second-order valence-corrected chi connectivity index (χ2v) is 4.66. The Kier molecular flexibility index (Phi) is 5.09. The first kappa shape index (κ1) is 12.5. The standard InChI is InChI=1S/C12H24N2O/c1-4-10-6-5-7-11(8-10)14-12(15)9(2)13-3/h9-11,13H,4-8H2,1-3H3,(H,14,15). The number of likely N-dealkylation sites (N-methyl/N-ethyl adjacent to an activating group) is 1. The average molecular weight is 212 g/mol. The molecule has 0 aromatic carbocycles. The number of carbonyl (C=O) groups excluding carboxylic acids is 1. The van der Waals surface area contributed by atoms with Gasteiger partial charge in [0.2, 0.25) is 5.91 Å². The summed E-state index contributed by atoms with van der Waals surface area (Å²) < 4.78 is 0. The quantitative estimate of drug-likeness (QED) is 0.744. The van der Waals surface area contributed by atoms with E-state index in [1.165, 1.54) is 25.7 Å². The Morgan fingerprint density at radius 1 is 1.47 bits per heavy atom. The average Bonchev–Trinajstić information content (AvgIpc) is 2.28. The first-order valence-electron chi connectivity index (χ1n) is 6.15. The third kappa shape index (κ3) is 3.82. The van der Waals surface area contributed by atoms with Crippen molar-refractivity contribution in [1.82, 2.24) is 10.6 Å².